The summed E-state index contributed by atoms with van der Waals surface area (Å²) in [5.74, 6) is 0.406. The van der Waals surface area contributed by atoms with E-state index in [0.717, 1.165) is 12.8 Å². The number of carbonyl (C=O) groups excluding carboxylic acids is 2. The van der Waals surface area contributed by atoms with Crippen molar-refractivity contribution in [2.24, 2.45) is 5.92 Å². The van der Waals surface area contributed by atoms with Gasteiger partial charge in [-0.2, -0.15) is 0 Å². The third kappa shape index (κ3) is 4.38. The molecule has 0 radical (unpaired) electrons. The van der Waals surface area contributed by atoms with E-state index in [1.165, 1.54) is 6.26 Å². The summed E-state index contributed by atoms with van der Waals surface area (Å²) in [4.78, 5) is 23.1. The number of rotatable bonds is 7. The lowest BCUT2D eigenvalue weighted by atomic mass is 9.82. The second-order valence-electron chi connectivity index (χ2n) is 5.13. The van der Waals surface area contributed by atoms with Crippen LogP contribution < -0.4 is 10.6 Å². The molecular formula is C14H20N2O4. The average molecular weight is 280 g/mol. The van der Waals surface area contributed by atoms with Crippen molar-refractivity contribution < 1.29 is 19.1 Å². The maximum atomic E-state index is 11.5. The van der Waals surface area contributed by atoms with E-state index in [-0.39, 0.29) is 23.7 Å². The Morgan fingerprint density at radius 3 is 2.80 bits per heavy atom. The molecule has 110 valence electrons. The summed E-state index contributed by atoms with van der Waals surface area (Å²) >= 11 is 0. The summed E-state index contributed by atoms with van der Waals surface area (Å²) in [7, 11) is 0. The number of nitrogens with one attached hydrogen (secondary N) is 2. The minimum atomic E-state index is -0.265. The molecule has 20 heavy (non-hydrogen) atoms. The highest BCUT2D eigenvalue weighted by atomic mass is 16.3. The maximum absolute atomic E-state index is 11.5. The van der Waals surface area contributed by atoms with Gasteiger partial charge in [-0.05, 0) is 37.3 Å². The van der Waals surface area contributed by atoms with E-state index in [1.54, 1.807) is 12.1 Å². The third-order valence-electron chi connectivity index (χ3n) is 3.41. The van der Waals surface area contributed by atoms with E-state index in [2.05, 4.69) is 10.6 Å². The van der Waals surface area contributed by atoms with Crippen molar-refractivity contribution in [3.8, 4) is 0 Å². The van der Waals surface area contributed by atoms with E-state index in [4.69, 9.17) is 9.52 Å². The lowest BCUT2D eigenvalue weighted by Crippen LogP contribution is -2.38. The highest BCUT2D eigenvalue weighted by molar-refractivity contribution is 5.91. The lowest BCUT2D eigenvalue weighted by Gasteiger charge is -2.31. The van der Waals surface area contributed by atoms with Gasteiger partial charge < -0.3 is 20.2 Å². The van der Waals surface area contributed by atoms with Crippen LogP contribution in [-0.4, -0.2) is 36.1 Å². The SMILES string of the molecule is O=C(CCCNC(=O)c1ccco1)NCC1CC(O)C1. The molecule has 1 fully saturated rings. The zero-order valence-electron chi connectivity index (χ0n) is 11.3. The largest absolute Gasteiger partial charge is 0.459 e. The molecule has 1 aromatic heterocycles. The van der Waals surface area contributed by atoms with E-state index < -0.39 is 0 Å². The quantitative estimate of drug-likeness (QED) is 0.640. The predicted molar refractivity (Wildman–Crippen MR) is 72.0 cm³/mol. The smallest absolute Gasteiger partial charge is 0.286 e. The van der Waals surface area contributed by atoms with Gasteiger partial charge in [0.25, 0.3) is 5.91 Å². The molecule has 2 amide bonds. The topological polar surface area (TPSA) is 91.6 Å². The Morgan fingerprint density at radius 2 is 2.15 bits per heavy atom. The molecule has 1 saturated carbocycles. The summed E-state index contributed by atoms with van der Waals surface area (Å²) in [6.45, 7) is 1.07. The Hall–Kier alpha value is -1.82. The zero-order valence-corrected chi connectivity index (χ0v) is 11.3. The van der Waals surface area contributed by atoms with E-state index in [1.807, 2.05) is 0 Å². The number of amides is 2. The van der Waals surface area contributed by atoms with Gasteiger partial charge in [0, 0.05) is 19.5 Å². The molecule has 3 N–H and O–H groups in total. The molecule has 6 heteroatoms. The molecule has 0 aliphatic heterocycles. The van der Waals surface area contributed by atoms with Crippen LogP contribution in [0.3, 0.4) is 0 Å². The molecule has 0 spiro atoms. The number of furan rings is 1. The van der Waals surface area contributed by atoms with E-state index >= 15 is 0 Å². The fraction of sp³-hybridized carbons (Fsp3) is 0.571. The van der Waals surface area contributed by atoms with Gasteiger partial charge in [0.15, 0.2) is 5.76 Å². The molecule has 0 atom stereocenters. The Balaban J connectivity index is 1.50. The zero-order chi connectivity index (χ0) is 14.4. The molecule has 0 bridgehead atoms. The van der Waals surface area contributed by atoms with Gasteiger partial charge in [-0.25, -0.2) is 0 Å². The number of aliphatic hydroxyl groups excluding tert-OH is 1. The van der Waals surface area contributed by atoms with Gasteiger partial charge in [0.1, 0.15) is 0 Å². The molecule has 6 nitrogen and oxygen atoms in total. The lowest BCUT2D eigenvalue weighted by molar-refractivity contribution is -0.121. The van der Waals surface area contributed by atoms with Crippen molar-refractivity contribution in [3.05, 3.63) is 24.2 Å². The third-order valence-corrected chi connectivity index (χ3v) is 3.41. The predicted octanol–water partition coefficient (Wildman–Crippen LogP) is 0.677. The summed E-state index contributed by atoms with van der Waals surface area (Å²) in [6, 6.07) is 3.24. The average Bonchev–Trinajstić information content (AvgIpc) is 2.92. The first-order valence-electron chi connectivity index (χ1n) is 6.91. The fourth-order valence-corrected chi connectivity index (χ4v) is 2.16. The number of carbonyl (C=O) groups is 2. The van der Waals surface area contributed by atoms with Crippen LogP contribution in [0.1, 0.15) is 36.2 Å². The van der Waals surface area contributed by atoms with Crippen molar-refractivity contribution in [1.29, 1.82) is 0 Å². The van der Waals surface area contributed by atoms with Crippen molar-refractivity contribution in [1.82, 2.24) is 10.6 Å². The first kappa shape index (κ1) is 14.6. The first-order chi connectivity index (χ1) is 9.65. The van der Waals surface area contributed by atoms with Gasteiger partial charge in [0.05, 0.1) is 12.4 Å². The minimum Gasteiger partial charge on any atom is -0.459 e. The molecule has 0 saturated heterocycles. The van der Waals surface area contributed by atoms with Crippen LogP contribution in [0.25, 0.3) is 0 Å². The Morgan fingerprint density at radius 1 is 1.35 bits per heavy atom. The monoisotopic (exact) mass is 280 g/mol. The van der Waals surface area contributed by atoms with Crippen LogP contribution in [0.15, 0.2) is 22.8 Å². The van der Waals surface area contributed by atoms with Crippen molar-refractivity contribution in [2.45, 2.75) is 31.8 Å². The van der Waals surface area contributed by atoms with Crippen LogP contribution in [0.4, 0.5) is 0 Å². The van der Waals surface area contributed by atoms with Gasteiger partial charge in [-0.15, -0.1) is 0 Å². The molecular weight excluding hydrogens is 260 g/mol. The molecule has 0 unspecified atom stereocenters. The van der Waals surface area contributed by atoms with Gasteiger partial charge in [-0.1, -0.05) is 0 Å². The van der Waals surface area contributed by atoms with E-state index in [9.17, 15) is 9.59 Å². The number of hydrogen-bond acceptors (Lipinski definition) is 4. The Labute approximate surface area is 117 Å². The standard InChI is InChI=1S/C14H20N2O4/c17-11-7-10(8-11)9-16-13(18)4-1-5-15-14(19)12-3-2-6-20-12/h2-3,6,10-11,17H,1,4-5,7-9H2,(H,15,19)(H,16,18). The van der Waals surface area contributed by atoms with Gasteiger partial charge in [-0.3, -0.25) is 9.59 Å². The van der Waals surface area contributed by atoms with E-state index in [0.29, 0.717) is 31.8 Å². The van der Waals surface area contributed by atoms with Crippen LogP contribution in [0, 0.1) is 5.92 Å². The Bertz CT molecular complexity index is 438. The molecule has 2 rings (SSSR count). The molecule has 1 aliphatic rings. The summed E-state index contributed by atoms with van der Waals surface area (Å²) in [5.41, 5.74) is 0. The summed E-state index contributed by atoms with van der Waals surface area (Å²) < 4.78 is 4.95. The molecule has 1 aliphatic carbocycles. The molecule has 1 aromatic rings. The highest BCUT2D eigenvalue weighted by Gasteiger charge is 2.26. The summed E-state index contributed by atoms with van der Waals surface area (Å²) in [5, 5.41) is 14.7. The number of hydrogen-bond donors (Lipinski definition) is 3. The van der Waals surface area contributed by atoms with Crippen LogP contribution in [0.2, 0.25) is 0 Å². The minimum absolute atomic E-state index is 0.0152. The second kappa shape index (κ2) is 7.09. The summed E-state index contributed by atoms with van der Waals surface area (Å²) in [6.07, 6.45) is 3.78. The van der Waals surface area contributed by atoms with Crippen LogP contribution >= 0.6 is 0 Å². The fourth-order valence-electron chi connectivity index (χ4n) is 2.16. The van der Waals surface area contributed by atoms with Gasteiger partial charge in [0.2, 0.25) is 5.91 Å². The Kier molecular flexibility index (Phi) is 5.17. The maximum Gasteiger partial charge on any atom is 0.286 e. The normalized spacial score (nSPS) is 21.1. The van der Waals surface area contributed by atoms with Crippen molar-refractivity contribution >= 4 is 11.8 Å². The first-order valence-corrected chi connectivity index (χ1v) is 6.91. The van der Waals surface area contributed by atoms with Crippen LogP contribution in [0.5, 0.6) is 0 Å². The molecule has 0 aromatic carbocycles. The molecule has 1 heterocycles. The van der Waals surface area contributed by atoms with Crippen LogP contribution in [-0.2, 0) is 4.79 Å². The highest BCUT2D eigenvalue weighted by Crippen LogP contribution is 2.25. The number of aliphatic hydroxyl groups is 1. The second-order valence-corrected chi connectivity index (χ2v) is 5.13. The van der Waals surface area contributed by atoms with Crippen molar-refractivity contribution in [3.63, 3.8) is 0 Å². The van der Waals surface area contributed by atoms with Crippen molar-refractivity contribution in [2.75, 3.05) is 13.1 Å². The van der Waals surface area contributed by atoms with Gasteiger partial charge >= 0.3 is 0 Å².